The lowest BCUT2D eigenvalue weighted by Crippen LogP contribution is -2.19. The molecule has 0 bridgehead atoms. The fourth-order valence-electron chi connectivity index (χ4n) is 2.74. The Kier molecular flexibility index (Phi) is 4.41. The second-order valence-corrected chi connectivity index (χ2v) is 7.70. The molecule has 1 aromatic rings. The van der Waals surface area contributed by atoms with Gasteiger partial charge in [0.2, 0.25) is 0 Å². The zero-order valence-corrected chi connectivity index (χ0v) is 12.9. The normalized spacial score (nSPS) is 17.4. The van der Waals surface area contributed by atoms with Crippen molar-refractivity contribution in [2.75, 3.05) is 0 Å². The summed E-state index contributed by atoms with van der Waals surface area (Å²) in [5.74, 6) is 0.742. The summed E-state index contributed by atoms with van der Waals surface area (Å²) in [7, 11) is 1.75. The van der Waals surface area contributed by atoms with Crippen molar-refractivity contribution in [3.63, 3.8) is 0 Å². The SMILES string of the molecule is Cc1cc(OC2CCCCC2)cc(C)c1S(=O)(=O)Cl. The van der Waals surface area contributed by atoms with Gasteiger partial charge >= 0.3 is 0 Å². The van der Waals surface area contributed by atoms with Gasteiger partial charge in [0.05, 0.1) is 11.0 Å². The number of ether oxygens (including phenoxy) is 1. The maximum absolute atomic E-state index is 11.5. The molecule has 3 nitrogen and oxygen atoms in total. The molecular formula is C14H19ClO3S. The molecule has 1 aliphatic rings. The first-order valence-corrected chi connectivity index (χ1v) is 8.91. The highest BCUT2D eigenvalue weighted by Gasteiger charge is 2.20. The summed E-state index contributed by atoms with van der Waals surface area (Å²) in [5.41, 5.74) is 1.28. The molecule has 1 aliphatic carbocycles. The summed E-state index contributed by atoms with van der Waals surface area (Å²) in [5, 5.41) is 0. The highest BCUT2D eigenvalue weighted by atomic mass is 35.7. The first kappa shape index (κ1) is 14.7. The van der Waals surface area contributed by atoms with Gasteiger partial charge in [0.25, 0.3) is 9.05 Å². The van der Waals surface area contributed by atoms with Gasteiger partial charge < -0.3 is 4.74 Å². The minimum atomic E-state index is -3.70. The lowest BCUT2D eigenvalue weighted by molar-refractivity contribution is 0.154. The van der Waals surface area contributed by atoms with Crippen LogP contribution < -0.4 is 4.74 Å². The van der Waals surface area contributed by atoms with E-state index in [1.807, 2.05) is 0 Å². The highest BCUT2D eigenvalue weighted by Crippen LogP contribution is 2.30. The van der Waals surface area contributed by atoms with Crippen LogP contribution in [0.25, 0.3) is 0 Å². The van der Waals surface area contributed by atoms with Crippen LogP contribution in [0.4, 0.5) is 0 Å². The van der Waals surface area contributed by atoms with Crippen LogP contribution in [0, 0.1) is 13.8 Å². The van der Waals surface area contributed by atoms with E-state index in [4.69, 9.17) is 15.4 Å². The van der Waals surface area contributed by atoms with E-state index >= 15 is 0 Å². The van der Waals surface area contributed by atoms with Gasteiger partial charge in [-0.25, -0.2) is 8.42 Å². The van der Waals surface area contributed by atoms with Crippen LogP contribution in [-0.2, 0) is 9.05 Å². The fourth-order valence-corrected chi connectivity index (χ4v) is 4.36. The molecule has 0 heterocycles. The smallest absolute Gasteiger partial charge is 0.261 e. The van der Waals surface area contributed by atoms with Crippen LogP contribution in [0.3, 0.4) is 0 Å². The van der Waals surface area contributed by atoms with Gasteiger partial charge in [-0.2, -0.15) is 0 Å². The van der Waals surface area contributed by atoms with Gasteiger partial charge in [-0.15, -0.1) is 0 Å². The van der Waals surface area contributed by atoms with Gasteiger partial charge in [0.1, 0.15) is 5.75 Å². The number of hydrogen-bond acceptors (Lipinski definition) is 3. The van der Waals surface area contributed by atoms with Crippen LogP contribution in [0.15, 0.2) is 17.0 Å². The minimum Gasteiger partial charge on any atom is -0.490 e. The Bertz CT molecular complexity index is 537. The third-order valence-electron chi connectivity index (χ3n) is 3.53. The maximum atomic E-state index is 11.5. The lowest BCUT2D eigenvalue weighted by atomic mass is 9.98. The Labute approximate surface area is 119 Å². The molecule has 0 amide bonds. The maximum Gasteiger partial charge on any atom is 0.261 e. The van der Waals surface area contributed by atoms with Gasteiger partial charge in [-0.3, -0.25) is 0 Å². The van der Waals surface area contributed by atoms with Gasteiger partial charge in [0.15, 0.2) is 0 Å². The molecule has 0 N–H and O–H groups in total. The number of hydrogen-bond donors (Lipinski definition) is 0. The first-order chi connectivity index (χ1) is 8.88. The van der Waals surface area contributed by atoms with Crippen LogP contribution in [-0.4, -0.2) is 14.5 Å². The molecule has 0 spiro atoms. The van der Waals surface area contributed by atoms with Crippen molar-refractivity contribution < 1.29 is 13.2 Å². The summed E-state index contributed by atoms with van der Waals surface area (Å²) in [6.07, 6.45) is 6.10. The number of rotatable bonds is 3. The van der Waals surface area contributed by atoms with E-state index < -0.39 is 9.05 Å². The van der Waals surface area contributed by atoms with E-state index in [-0.39, 0.29) is 11.0 Å². The summed E-state index contributed by atoms with van der Waals surface area (Å²) in [4.78, 5) is 0.199. The Balaban J connectivity index is 2.24. The van der Waals surface area contributed by atoms with Crippen molar-refractivity contribution in [2.24, 2.45) is 0 Å². The van der Waals surface area contributed by atoms with E-state index in [0.29, 0.717) is 11.1 Å². The van der Waals surface area contributed by atoms with Crippen LogP contribution in [0.5, 0.6) is 5.75 Å². The molecule has 106 valence electrons. The largest absolute Gasteiger partial charge is 0.490 e. The highest BCUT2D eigenvalue weighted by molar-refractivity contribution is 8.13. The van der Waals surface area contributed by atoms with Gasteiger partial charge in [-0.1, -0.05) is 6.42 Å². The summed E-state index contributed by atoms with van der Waals surface area (Å²) in [6.45, 7) is 3.49. The van der Waals surface area contributed by atoms with E-state index in [2.05, 4.69) is 0 Å². The summed E-state index contributed by atoms with van der Waals surface area (Å²) >= 11 is 0. The van der Waals surface area contributed by atoms with E-state index in [9.17, 15) is 8.42 Å². The Morgan fingerprint density at radius 2 is 1.63 bits per heavy atom. The molecule has 19 heavy (non-hydrogen) atoms. The third-order valence-corrected chi connectivity index (χ3v) is 5.13. The monoisotopic (exact) mass is 302 g/mol. The average molecular weight is 303 g/mol. The predicted octanol–water partition coefficient (Wildman–Crippen LogP) is 3.94. The van der Waals surface area contributed by atoms with Crippen LogP contribution >= 0.6 is 10.7 Å². The Hall–Kier alpha value is -0.740. The quantitative estimate of drug-likeness (QED) is 0.794. The molecule has 0 unspecified atom stereocenters. The molecule has 5 heteroatoms. The third kappa shape index (κ3) is 3.63. The molecule has 1 saturated carbocycles. The molecular weight excluding hydrogens is 284 g/mol. The second kappa shape index (κ2) is 5.71. The van der Waals surface area contributed by atoms with Crippen molar-refractivity contribution >= 4 is 19.7 Å². The fraction of sp³-hybridized carbons (Fsp3) is 0.571. The molecule has 1 fully saturated rings. The van der Waals surface area contributed by atoms with Crippen molar-refractivity contribution in [1.82, 2.24) is 0 Å². The first-order valence-electron chi connectivity index (χ1n) is 6.60. The average Bonchev–Trinajstić information content (AvgIpc) is 2.27. The van der Waals surface area contributed by atoms with Crippen LogP contribution in [0.1, 0.15) is 43.2 Å². The predicted molar refractivity (Wildman–Crippen MR) is 76.5 cm³/mol. The second-order valence-electron chi connectivity index (χ2n) is 5.20. The molecule has 0 saturated heterocycles. The Morgan fingerprint density at radius 3 is 2.11 bits per heavy atom. The van der Waals surface area contributed by atoms with E-state index in [1.54, 1.807) is 26.0 Å². The number of benzene rings is 1. The number of aryl methyl sites for hydroxylation is 2. The molecule has 0 aliphatic heterocycles. The molecule has 0 aromatic heterocycles. The van der Waals surface area contributed by atoms with Crippen molar-refractivity contribution in [2.45, 2.75) is 57.0 Å². The minimum absolute atomic E-state index is 0.199. The zero-order chi connectivity index (χ0) is 14.0. The summed E-state index contributed by atoms with van der Waals surface area (Å²) in [6, 6.07) is 3.52. The molecule has 1 aromatic carbocycles. The van der Waals surface area contributed by atoms with Crippen molar-refractivity contribution in [3.8, 4) is 5.75 Å². The van der Waals surface area contributed by atoms with E-state index in [0.717, 1.165) is 18.6 Å². The van der Waals surface area contributed by atoms with Gasteiger partial charge in [-0.05, 0) is 62.8 Å². The standard InChI is InChI=1S/C14H19ClO3S/c1-10-8-13(18-12-6-4-3-5-7-12)9-11(2)14(10)19(15,16)17/h8-9,12H,3-7H2,1-2H3. The number of halogens is 1. The van der Waals surface area contributed by atoms with Crippen LogP contribution in [0.2, 0.25) is 0 Å². The van der Waals surface area contributed by atoms with E-state index in [1.165, 1.54) is 19.3 Å². The Morgan fingerprint density at radius 1 is 1.11 bits per heavy atom. The molecule has 0 radical (unpaired) electrons. The summed E-state index contributed by atoms with van der Waals surface area (Å²) < 4.78 is 28.9. The molecule has 2 rings (SSSR count). The lowest BCUT2D eigenvalue weighted by Gasteiger charge is -2.23. The molecule has 0 atom stereocenters. The zero-order valence-electron chi connectivity index (χ0n) is 11.3. The van der Waals surface area contributed by atoms with Crippen molar-refractivity contribution in [3.05, 3.63) is 23.3 Å². The van der Waals surface area contributed by atoms with Gasteiger partial charge in [0, 0.05) is 10.7 Å². The topological polar surface area (TPSA) is 43.4 Å². The van der Waals surface area contributed by atoms with Crippen molar-refractivity contribution in [1.29, 1.82) is 0 Å².